The number of likely N-dealkylation sites (tertiary alicyclic amines) is 1. The first-order valence-corrected chi connectivity index (χ1v) is 11.4. The molecule has 1 aliphatic carbocycles. The Bertz CT molecular complexity index is 1000. The van der Waals surface area contributed by atoms with E-state index in [0.717, 1.165) is 36.1 Å². The highest BCUT2D eigenvalue weighted by molar-refractivity contribution is 7.17. The number of nitrogens with zero attached hydrogens (tertiary/aromatic N) is 1. The van der Waals surface area contributed by atoms with E-state index in [4.69, 9.17) is 4.74 Å². The molecule has 1 atom stereocenters. The molecule has 1 fully saturated rings. The second kappa shape index (κ2) is 9.18. The van der Waals surface area contributed by atoms with Crippen molar-refractivity contribution in [3.05, 3.63) is 51.7 Å². The van der Waals surface area contributed by atoms with Crippen LogP contribution in [0.3, 0.4) is 0 Å². The third kappa shape index (κ3) is 4.49. The molecule has 1 aromatic carbocycles. The Hall–Kier alpha value is -2.74. The molecule has 0 saturated carbocycles. The summed E-state index contributed by atoms with van der Waals surface area (Å²) < 4.78 is 18.1. The Morgan fingerprint density at radius 3 is 2.61 bits per heavy atom. The quantitative estimate of drug-likeness (QED) is 0.722. The molecule has 31 heavy (non-hydrogen) atoms. The maximum Gasteiger partial charge on any atom is 0.341 e. The summed E-state index contributed by atoms with van der Waals surface area (Å²) in [5, 5.41) is 3.50. The van der Waals surface area contributed by atoms with Crippen LogP contribution in [0.1, 0.15) is 56.8 Å². The van der Waals surface area contributed by atoms with Gasteiger partial charge < -0.3 is 15.0 Å². The lowest BCUT2D eigenvalue weighted by Crippen LogP contribution is -2.43. The van der Waals surface area contributed by atoms with Gasteiger partial charge in [-0.15, -0.1) is 11.3 Å². The van der Waals surface area contributed by atoms with E-state index in [9.17, 15) is 18.8 Å². The molecule has 1 aliphatic heterocycles. The van der Waals surface area contributed by atoms with Crippen LogP contribution in [0, 0.1) is 11.7 Å². The Kier molecular flexibility index (Phi) is 6.36. The highest BCUT2D eigenvalue weighted by Gasteiger charge is 2.32. The number of fused-ring (bicyclic) bond motifs is 1. The van der Waals surface area contributed by atoms with Gasteiger partial charge in [-0.2, -0.15) is 0 Å². The predicted molar refractivity (Wildman–Crippen MR) is 116 cm³/mol. The Balaban J connectivity index is 1.49. The number of anilines is 1. The molecule has 0 bridgehead atoms. The summed E-state index contributed by atoms with van der Waals surface area (Å²) in [6, 6.07) is 5.43. The summed E-state index contributed by atoms with van der Waals surface area (Å²) >= 11 is 1.45. The number of amides is 2. The van der Waals surface area contributed by atoms with Crippen molar-refractivity contribution < 1.29 is 23.5 Å². The molecule has 1 N–H and O–H groups in total. The van der Waals surface area contributed by atoms with Gasteiger partial charge in [-0.3, -0.25) is 9.59 Å². The minimum atomic E-state index is -0.425. The molecule has 0 radical (unpaired) electrons. The van der Waals surface area contributed by atoms with E-state index < -0.39 is 11.8 Å². The van der Waals surface area contributed by atoms with Crippen molar-refractivity contribution in [2.45, 2.75) is 38.5 Å². The molecule has 1 unspecified atom stereocenters. The number of carbonyl (C=O) groups excluding carboxylic acids is 3. The molecule has 2 heterocycles. The summed E-state index contributed by atoms with van der Waals surface area (Å²) in [4.78, 5) is 41.0. The van der Waals surface area contributed by atoms with Gasteiger partial charge >= 0.3 is 5.97 Å². The van der Waals surface area contributed by atoms with Gasteiger partial charge in [-0.25, -0.2) is 9.18 Å². The molecule has 164 valence electrons. The minimum Gasteiger partial charge on any atom is -0.465 e. The average molecular weight is 445 g/mol. The molecule has 4 rings (SSSR count). The minimum absolute atomic E-state index is 0.194. The van der Waals surface area contributed by atoms with Gasteiger partial charge in [0.2, 0.25) is 5.91 Å². The van der Waals surface area contributed by atoms with Gasteiger partial charge in [-0.1, -0.05) is 0 Å². The number of carbonyl (C=O) groups is 3. The lowest BCUT2D eigenvalue weighted by Gasteiger charge is -2.32. The number of nitrogens with one attached hydrogen (secondary N) is 1. The molecular formula is C23H25FN2O4S. The third-order valence-electron chi connectivity index (χ3n) is 5.97. The van der Waals surface area contributed by atoms with E-state index in [0.29, 0.717) is 42.1 Å². The van der Waals surface area contributed by atoms with Crippen LogP contribution in [0.2, 0.25) is 0 Å². The fourth-order valence-corrected chi connectivity index (χ4v) is 5.62. The number of benzene rings is 1. The second-order valence-corrected chi connectivity index (χ2v) is 9.10. The van der Waals surface area contributed by atoms with Gasteiger partial charge in [-0.05, 0) is 68.4 Å². The number of hydrogen-bond acceptors (Lipinski definition) is 5. The van der Waals surface area contributed by atoms with E-state index in [-0.39, 0.29) is 17.7 Å². The number of aryl methyl sites for hydroxylation is 1. The first kappa shape index (κ1) is 21.5. The first-order chi connectivity index (χ1) is 15.0. The SMILES string of the molecule is COC(=O)c1c(NC(=O)C2CCCN(C(=O)c3ccc(F)cc3)C2)sc2c1CCCC2. The van der Waals surface area contributed by atoms with Crippen molar-refractivity contribution >= 4 is 34.1 Å². The van der Waals surface area contributed by atoms with Crippen LogP contribution in [0.5, 0.6) is 0 Å². The molecule has 6 nitrogen and oxygen atoms in total. The lowest BCUT2D eigenvalue weighted by atomic mass is 9.95. The van der Waals surface area contributed by atoms with Crippen LogP contribution in [-0.2, 0) is 22.4 Å². The van der Waals surface area contributed by atoms with Gasteiger partial charge in [0.1, 0.15) is 10.8 Å². The van der Waals surface area contributed by atoms with Crippen molar-refractivity contribution in [2.24, 2.45) is 5.92 Å². The molecule has 2 aromatic rings. The molecule has 0 spiro atoms. The number of thiophene rings is 1. The number of rotatable bonds is 4. The summed E-state index contributed by atoms with van der Waals surface area (Å²) in [5.74, 6) is -1.60. The number of ether oxygens (including phenoxy) is 1. The highest BCUT2D eigenvalue weighted by Crippen LogP contribution is 2.39. The van der Waals surface area contributed by atoms with Gasteiger partial charge in [0.05, 0.1) is 18.6 Å². The summed E-state index contributed by atoms with van der Waals surface area (Å²) in [6.07, 6.45) is 5.18. The van der Waals surface area contributed by atoms with Crippen LogP contribution in [0.4, 0.5) is 9.39 Å². The largest absolute Gasteiger partial charge is 0.465 e. The van der Waals surface area contributed by atoms with E-state index in [1.54, 1.807) is 4.90 Å². The fourth-order valence-electron chi connectivity index (χ4n) is 4.34. The smallest absolute Gasteiger partial charge is 0.341 e. The molecule has 1 aromatic heterocycles. The Morgan fingerprint density at radius 1 is 1.13 bits per heavy atom. The molecule has 2 amide bonds. The van der Waals surface area contributed by atoms with E-state index in [1.807, 2.05) is 0 Å². The van der Waals surface area contributed by atoms with Gasteiger partial charge in [0.25, 0.3) is 5.91 Å². The number of piperidine rings is 1. The van der Waals surface area contributed by atoms with Crippen molar-refractivity contribution in [1.29, 1.82) is 0 Å². The number of halogens is 1. The van der Waals surface area contributed by atoms with Gasteiger partial charge in [0, 0.05) is 23.5 Å². The molecule has 2 aliphatic rings. The Labute approximate surface area is 184 Å². The molecule has 1 saturated heterocycles. The van der Waals surface area contributed by atoms with Crippen LogP contribution >= 0.6 is 11.3 Å². The molecular weight excluding hydrogens is 419 g/mol. The van der Waals surface area contributed by atoms with E-state index >= 15 is 0 Å². The van der Waals surface area contributed by atoms with E-state index in [1.165, 1.54) is 42.7 Å². The van der Waals surface area contributed by atoms with Crippen LogP contribution in [0.25, 0.3) is 0 Å². The van der Waals surface area contributed by atoms with Crippen LogP contribution in [0.15, 0.2) is 24.3 Å². The zero-order chi connectivity index (χ0) is 22.0. The highest BCUT2D eigenvalue weighted by atomic mass is 32.1. The number of esters is 1. The average Bonchev–Trinajstić information content (AvgIpc) is 3.16. The summed E-state index contributed by atoms with van der Waals surface area (Å²) in [5.41, 5.74) is 1.88. The molecule has 8 heteroatoms. The topological polar surface area (TPSA) is 75.7 Å². The van der Waals surface area contributed by atoms with Crippen LogP contribution in [-0.4, -0.2) is 42.9 Å². The predicted octanol–water partition coefficient (Wildman–Crippen LogP) is 4.04. The first-order valence-electron chi connectivity index (χ1n) is 10.6. The monoisotopic (exact) mass is 444 g/mol. The number of hydrogen-bond donors (Lipinski definition) is 1. The fraction of sp³-hybridized carbons (Fsp3) is 0.435. The van der Waals surface area contributed by atoms with Crippen LogP contribution < -0.4 is 5.32 Å². The van der Waals surface area contributed by atoms with E-state index in [2.05, 4.69) is 5.32 Å². The third-order valence-corrected chi connectivity index (χ3v) is 7.18. The zero-order valence-electron chi connectivity index (χ0n) is 17.4. The van der Waals surface area contributed by atoms with Crippen molar-refractivity contribution in [2.75, 3.05) is 25.5 Å². The standard InChI is InChI=1S/C23H25FN2O4S/c1-30-23(29)19-17-6-2-3-7-18(17)31-21(19)25-20(27)15-5-4-12-26(13-15)22(28)14-8-10-16(24)11-9-14/h8-11,15H,2-7,12-13H2,1H3,(H,25,27). The zero-order valence-corrected chi connectivity index (χ0v) is 18.2. The lowest BCUT2D eigenvalue weighted by molar-refractivity contribution is -0.121. The summed E-state index contributed by atoms with van der Waals surface area (Å²) in [6.45, 7) is 0.849. The normalized spacial score (nSPS) is 18.3. The summed E-state index contributed by atoms with van der Waals surface area (Å²) in [7, 11) is 1.35. The maximum atomic E-state index is 13.2. The second-order valence-electron chi connectivity index (χ2n) is 7.99. The van der Waals surface area contributed by atoms with Crippen molar-refractivity contribution in [1.82, 2.24) is 4.90 Å². The number of methoxy groups -OCH3 is 1. The Morgan fingerprint density at radius 2 is 1.87 bits per heavy atom. The van der Waals surface area contributed by atoms with Gasteiger partial charge in [0.15, 0.2) is 0 Å². The maximum absolute atomic E-state index is 13.2. The van der Waals surface area contributed by atoms with Crippen molar-refractivity contribution in [3.63, 3.8) is 0 Å². The van der Waals surface area contributed by atoms with Crippen molar-refractivity contribution in [3.8, 4) is 0 Å².